The number of cyclic esters (lactones) is 1. The Labute approximate surface area is 78.6 Å². The minimum atomic E-state index is -3.34. The molecular weight excluding hydrogens is 248 g/mol. The molecule has 1 aliphatic rings. The number of carbonyl (C=O) groups is 1. The first-order valence-electron chi connectivity index (χ1n) is 3.26. The van der Waals surface area contributed by atoms with E-state index in [0.29, 0.717) is 0 Å². The van der Waals surface area contributed by atoms with E-state index < -0.39 is 21.2 Å². The van der Waals surface area contributed by atoms with E-state index in [1.54, 1.807) is 0 Å². The lowest BCUT2D eigenvalue weighted by atomic mass is 10.6. The smallest absolute Gasteiger partial charge is 0.333 e. The van der Waals surface area contributed by atoms with Crippen LogP contribution in [-0.2, 0) is 19.4 Å². The van der Waals surface area contributed by atoms with Crippen molar-refractivity contribution in [3.05, 3.63) is 10.6 Å². The lowest BCUT2D eigenvalue weighted by molar-refractivity contribution is -0.136. The van der Waals surface area contributed by atoms with E-state index in [9.17, 15) is 13.2 Å². The number of hydrogen-bond acceptors (Lipinski definition) is 4. The molecule has 0 radical (unpaired) electrons. The summed E-state index contributed by atoms with van der Waals surface area (Å²) in [5.74, 6) is -0.669. The standard InChI is InChI=1S/C6H7BrO4S/c1-2-12(9,10)6-4(7)3-5(8)11-6/h3,6H,2H2,1H3. The summed E-state index contributed by atoms with van der Waals surface area (Å²) in [6.45, 7) is 1.50. The Morgan fingerprint density at radius 2 is 2.25 bits per heavy atom. The van der Waals surface area contributed by atoms with Gasteiger partial charge in [0.2, 0.25) is 5.44 Å². The predicted molar refractivity (Wildman–Crippen MR) is 46.4 cm³/mol. The van der Waals surface area contributed by atoms with E-state index in [1.165, 1.54) is 6.92 Å². The number of esters is 1. The molecule has 0 saturated carbocycles. The van der Waals surface area contributed by atoms with Gasteiger partial charge in [-0.3, -0.25) is 0 Å². The van der Waals surface area contributed by atoms with E-state index >= 15 is 0 Å². The fourth-order valence-electron chi connectivity index (χ4n) is 0.773. The molecule has 1 unspecified atom stereocenters. The van der Waals surface area contributed by atoms with Crippen molar-refractivity contribution in [2.75, 3.05) is 5.75 Å². The van der Waals surface area contributed by atoms with Gasteiger partial charge < -0.3 is 4.74 Å². The summed E-state index contributed by atoms with van der Waals surface area (Å²) >= 11 is 2.96. The maximum absolute atomic E-state index is 11.2. The van der Waals surface area contributed by atoms with E-state index in [1.807, 2.05) is 0 Å². The Morgan fingerprint density at radius 1 is 1.67 bits per heavy atom. The Kier molecular flexibility index (Phi) is 2.58. The van der Waals surface area contributed by atoms with Crippen LogP contribution >= 0.6 is 15.9 Å². The zero-order valence-electron chi connectivity index (χ0n) is 6.28. The number of hydrogen-bond donors (Lipinski definition) is 0. The van der Waals surface area contributed by atoms with Crippen LogP contribution in [0.2, 0.25) is 0 Å². The summed E-state index contributed by atoms with van der Waals surface area (Å²) in [7, 11) is -3.34. The van der Waals surface area contributed by atoms with Gasteiger partial charge in [-0.05, 0) is 0 Å². The van der Waals surface area contributed by atoms with Crippen molar-refractivity contribution in [3.8, 4) is 0 Å². The normalized spacial score (nSPS) is 23.7. The van der Waals surface area contributed by atoms with Crippen LogP contribution in [0.3, 0.4) is 0 Å². The number of halogens is 1. The zero-order chi connectivity index (χ0) is 9.35. The van der Waals surface area contributed by atoms with Gasteiger partial charge in [0.25, 0.3) is 0 Å². The SMILES string of the molecule is CCS(=O)(=O)C1OC(=O)C=C1Br. The van der Waals surface area contributed by atoms with Crippen LogP contribution in [0, 0.1) is 0 Å². The third kappa shape index (κ3) is 1.69. The Balaban J connectivity index is 2.95. The van der Waals surface area contributed by atoms with Gasteiger partial charge in [0.05, 0.1) is 10.2 Å². The first-order valence-corrected chi connectivity index (χ1v) is 5.77. The highest BCUT2D eigenvalue weighted by molar-refractivity contribution is 9.11. The molecule has 0 aromatic carbocycles. The fourth-order valence-corrected chi connectivity index (χ4v) is 2.86. The molecule has 0 aromatic rings. The molecule has 0 fully saturated rings. The second-order valence-corrected chi connectivity index (χ2v) is 5.50. The van der Waals surface area contributed by atoms with Crippen LogP contribution in [0.25, 0.3) is 0 Å². The summed E-state index contributed by atoms with van der Waals surface area (Å²) < 4.78 is 27.3. The van der Waals surface area contributed by atoms with E-state index in [-0.39, 0.29) is 10.2 Å². The lowest BCUT2D eigenvalue weighted by Gasteiger charge is -2.09. The summed E-state index contributed by atoms with van der Waals surface area (Å²) in [5.41, 5.74) is -1.13. The summed E-state index contributed by atoms with van der Waals surface area (Å²) in [5, 5.41) is 0. The molecule has 0 saturated heterocycles. The van der Waals surface area contributed by atoms with E-state index in [4.69, 9.17) is 0 Å². The number of carbonyl (C=O) groups excluding carboxylic acids is 1. The van der Waals surface area contributed by atoms with Crippen LogP contribution in [0.4, 0.5) is 0 Å². The van der Waals surface area contributed by atoms with Gasteiger partial charge in [-0.25, -0.2) is 13.2 Å². The predicted octanol–water partition coefficient (Wildman–Crippen LogP) is 0.583. The number of ether oxygens (including phenoxy) is 1. The number of sulfone groups is 1. The maximum Gasteiger partial charge on any atom is 0.333 e. The highest BCUT2D eigenvalue weighted by Crippen LogP contribution is 2.25. The Morgan fingerprint density at radius 3 is 2.58 bits per heavy atom. The van der Waals surface area contributed by atoms with Gasteiger partial charge in [-0.1, -0.05) is 22.9 Å². The minimum Gasteiger partial charge on any atom is -0.437 e. The van der Waals surface area contributed by atoms with Gasteiger partial charge >= 0.3 is 5.97 Å². The molecule has 1 heterocycles. The molecule has 0 N–H and O–H groups in total. The minimum absolute atomic E-state index is 0.0477. The average molecular weight is 255 g/mol. The lowest BCUT2D eigenvalue weighted by Crippen LogP contribution is -2.24. The Bertz CT molecular complexity index is 329. The molecule has 12 heavy (non-hydrogen) atoms. The van der Waals surface area contributed by atoms with Crippen molar-refractivity contribution in [2.24, 2.45) is 0 Å². The molecule has 1 rings (SSSR count). The Hall–Kier alpha value is -0.360. The van der Waals surface area contributed by atoms with Crippen molar-refractivity contribution < 1.29 is 17.9 Å². The summed E-state index contributed by atoms with van der Waals surface area (Å²) in [6.07, 6.45) is 1.12. The molecular formula is C6H7BrO4S. The third-order valence-corrected chi connectivity index (χ3v) is 4.19. The molecule has 0 spiro atoms. The molecule has 0 bridgehead atoms. The van der Waals surface area contributed by atoms with Crippen LogP contribution in [-0.4, -0.2) is 25.6 Å². The average Bonchev–Trinajstić information content (AvgIpc) is 2.31. The van der Waals surface area contributed by atoms with Crippen molar-refractivity contribution in [2.45, 2.75) is 12.4 Å². The third-order valence-electron chi connectivity index (χ3n) is 1.43. The molecule has 68 valence electrons. The van der Waals surface area contributed by atoms with Gasteiger partial charge in [-0.15, -0.1) is 0 Å². The zero-order valence-corrected chi connectivity index (χ0v) is 8.68. The van der Waals surface area contributed by atoms with Gasteiger partial charge in [-0.2, -0.15) is 0 Å². The highest BCUT2D eigenvalue weighted by atomic mass is 79.9. The fraction of sp³-hybridized carbons (Fsp3) is 0.500. The second-order valence-electron chi connectivity index (χ2n) is 2.25. The maximum atomic E-state index is 11.2. The van der Waals surface area contributed by atoms with Crippen molar-refractivity contribution >= 4 is 31.7 Å². The largest absolute Gasteiger partial charge is 0.437 e. The molecule has 1 atom stereocenters. The molecule has 1 aliphatic heterocycles. The van der Waals surface area contributed by atoms with Crippen LogP contribution in [0.15, 0.2) is 10.6 Å². The molecule has 0 amide bonds. The molecule has 0 aromatic heterocycles. The van der Waals surface area contributed by atoms with Crippen molar-refractivity contribution in [1.82, 2.24) is 0 Å². The summed E-state index contributed by atoms with van der Waals surface area (Å²) in [4.78, 5) is 10.6. The van der Waals surface area contributed by atoms with Crippen LogP contribution < -0.4 is 0 Å². The van der Waals surface area contributed by atoms with Gasteiger partial charge in [0.1, 0.15) is 0 Å². The highest BCUT2D eigenvalue weighted by Gasteiger charge is 2.34. The van der Waals surface area contributed by atoms with Crippen molar-refractivity contribution in [3.63, 3.8) is 0 Å². The molecule has 6 heteroatoms. The van der Waals surface area contributed by atoms with Gasteiger partial charge in [0, 0.05) is 6.08 Å². The molecule has 0 aliphatic carbocycles. The van der Waals surface area contributed by atoms with E-state index in [0.717, 1.165) is 6.08 Å². The topological polar surface area (TPSA) is 60.4 Å². The summed E-state index contributed by atoms with van der Waals surface area (Å²) in [6, 6.07) is 0. The van der Waals surface area contributed by atoms with Gasteiger partial charge in [0.15, 0.2) is 9.84 Å². The number of rotatable bonds is 2. The first-order chi connectivity index (χ1) is 5.47. The molecule has 4 nitrogen and oxygen atoms in total. The van der Waals surface area contributed by atoms with Crippen LogP contribution in [0.5, 0.6) is 0 Å². The monoisotopic (exact) mass is 254 g/mol. The van der Waals surface area contributed by atoms with Crippen molar-refractivity contribution in [1.29, 1.82) is 0 Å². The first kappa shape index (κ1) is 9.73. The quantitative estimate of drug-likeness (QED) is 0.677. The van der Waals surface area contributed by atoms with Crippen LogP contribution in [0.1, 0.15) is 6.92 Å². The second kappa shape index (κ2) is 3.18. The van der Waals surface area contributed by atoms with E-state index in [2.05, 4.69) is 20.7 Å².